The van der Waals surface area contributed by atoms with Crippen LogP contribution >= 0.6 is 35.6 Å². The van der Waals surface area contributed by atoms with Gasteiger partial charge in [0.15, 0.2) is 0 Å². The van der Waals surface area contributed by atoms with E-state index in [-0.39, 0.29) is 30.1 Å². The van der Waals surface area contributed by atoms with Gasteiger partial charge in [0.25, 0.3) is 0 Å². The fourth-order valence-corrected chi connectivity index (χ4v) is 4.89. The third-order valence-electron chi connectivity index (χ3n) is 4.29. The van der Waals surface area contributed by atoms with Gasteiger partial charge in [-0.15, -0.1) is 12.4 Å². The minimum atomic E-state index is -3.46. The highest BCUT2D eigenvalue weighted by atomic mass is 35.5. The molecule has 2 N–H and O–H groups in total. The molecule has 1 heterocycles. The second kappa shape index (κ2) is 8.25. The molecule has 0 aliphatic carbocycles. The lowest BCUT2D eigenvalue weighted by atomic mass is 9.95. The molecule has 0 aromatic heterocycles. The lowest BCUT2D eigenvalue weighted by Crippen LogP contribution is -2.33. The summed E-state index contributed by atoms with van der Waals surface area (Å²) in [6.45, 7) is 0.720. The van der Waals surface area contributed by atoms with E-state index >= 15 is 0 Å². The first-order valence-electron chi connectivity index (χ1n) is 7.59. The maximum absolute atomic E-state index is 12.7. The van der Waals surface area contributed by atoms with Crippen LogP contribution in [0.2, 0.25) is 10.0 Å². The highest BCUT2D eigenvalue weighted by molar-refractivity contribution is 7.88. The Bertz CT molecular complexity index is 831. The molecule has 0 spiro atoms. The van der Waals surface area contributed by atoms with E-state index in [1.807, 2.05) is 30.3 Å². The number of halogens is 3. The van der Waals surface area contributed by atoms with Crippen LogP contribution in [0, 0.1) is 0 Å². The summed E-state index contributed by atoms with van der Waals surface area (Å²) in [5, 5.41) is 0.759. The van der Waals surface area contributed by atoms with E-state index < -0.39 is 10.0 Å². The zero-order chi connectivity index (χ0) is 17.3. The summed E-state index contributed by atoms with van der Waals surface area (Å²) in [5.41, 5.74) is 7.87. The summed E-state index contributed by atoms with van der Waals surface area (Å²) in [4.78, 5) is 0. The van der Waals surface area contributed by atoms with Crippen molar-refractivity contribution in [3.8, 4) is 0 Å². The second-order valence-electron chi connectivity index (χ2n) is 6.00. The summed E-state index contributed by atoms with van der Waals surface area (Å²) >= 11 is 11.8. The van der Waals surface area contributed by atoms with Gasteiger partial charge in [-0.25, -0.2) is 8.42 Å². The Morgan fingerprint density at radius 3 is 2.36 bits per heavy atom. The van der Waals surface area contributed by atoms with Crippen molar-refractivity contribution in [2.45, 2.75) is 17.7 Å². The van der Waals surface area contributed by atoms with Crippen LogP contribution in [0.15, 0.2) is 48.5 Å². The van der Waals surface area contributed by atoms with E-state index in [0.29, 0.717) is 28.7 Å². The van der Waals surface area contributed by atoms with E-state index in [0.717, 1.165) is 5.56 Å². The van der Waals surface area contributed by atoms with Gasteiger partial charge in [-0.05, 0) is 23.3 Å². The lowest BCUT2D eigenvalue weighted by molar-refractivity contribution is 0.469. The third kappa shape index (κ3) is 4.67. The first kappa shape index (κ1) is 20.5. The van der Waals surface area contributed by atoms with Crippen LogP contribution < -0.4 is 5.73 Å². The van der Waals surface area contributed by atoms with Crippen LogP contribution in [0.1, 0.15) is 17.0 Å². The molecule has 2 atom stereocenters. The molecule has 0 radical (unpaired) electrons. The van der Waals surface area contributed by atoms with Crippen LogP contribution in [-0.4, -0.2) is 31.9 Å². The van der Waals surface area contributed by atoms with Gasteiger partial charge < -0.3 is 5.73 Å². The maximum atomic E-state index is 12.7. The van der Waals surface area contributed by atoms with Crippen molar-refractivity contribution in [1.82, 2.24) is 4.31 Å². The highest BCUT2D eigenvalue weighted by Gasteiger charge is 2.37. The molecule has 1 fully saturated rings. The first-order valence-corrected chi connectivity index (χ1v) is 9.95. The molecule has 2 aromatic rings. The van der Waals surface area contributed by atoms with E-state index in [9.17, 15) is 8.42 Å². The molecule has 0 amide bonds. The Hall–Kier alpha value is -0.820. The molecule has 1 aliphatic rings. The Labute approximate surface area is 164 Å². The van der Waals surface area contributed by atoms with E-state index in [4.69, 9.17) is 28.9 Å². The molecule has 1 aliphatic heterocycles. The molecule has 2 aromatic carbocycles. The Balaban J connectivity index is 0.00000225. The van der Waals surface area contributed by atoms with Crippen LogP contribution in [-0.2, 0) is 15.8 Å². The third-order valence-corrected chi connectivity index (χ3v) is 6.81. The van der Waals surface area contributed by atoms with Gasteiger partial charge in [0, 0.05) is 25.0 Å². The van der Waals surface area contributed by atoms with Crippen molar-refractivity contribution in [2.24, 2.45) is 5.73 Å². The Morgan fingerprint density at radius 2 is 1.72 bits per heavy atom. The van der Waals surface area contributed by atoms with Crippen LogP contribution in [0.4, 0.5) is 0 Å². The number of nitrogens with zero attached hydrogens (tertiary/aromatic N) is 1. The predicted molar refractivity (Wildman–Crippen MR) is 105 cm³/mol. The second-order valence-corrected chi connectivity index (χ2v) is 8.79. The van der Waals surface area contributed by atoms with Gasteiger partial charge >= 0.3 is 0 Å². The zero-order valence-corrected chi connectivity index (χ0v) is 16.5. The van der Waals surface area contributed by atoms with Crippen LogP contribution in [0.25, 0.3) is 0 Å². The normalized spacial score (nSPS) is 21.1. The van der Waals surface area contributed by atoms with Crippen molar-refractivity contribution in [2.75, 3.05) is 13.1 Å². The van der Waals surface area contributed by atoms with Crippen molar-refractivity contribution in [1.29, 1.82) is 0 Å². The Morgan fingerprint density at radius 1 is 1.04 bits per heavy atom. The van der Waals surface area contributed by atoms with Crippen molar-refractivity contribution < 1.29 is 8.42 Å². The Kier molecular flexibility index (Phi) is 6.76. The molecular weight excluding hydrogens is 403 g/mol. The molecule has 0 bridgehead atoms. The van der Waals surface area contributed by atoms with Gasteiger partial charge in [-0.1, -0.05) is 59.6 Å². The quantitative estimate of drug-likeness (QED) is 0.819. The zero-order valence-electron chi connectivity index (χ0n) is 13.3. The first-order chi connectivity index (χ1) is 11.4. The van der Waals surface area contributed by atoms with Crippen molar-refractivity contribution in [3.63, 3.8) is 0 Å². The van der Waals surface area contributed by atoms with Crippen LogP contribution in [0.5, 0.6) is 0 Å². The van der Waals surface area contributed by atoms with Crippen molar-refractivity contribution >= 4 is 45.6 Å². The molecule has 25 heavy (non-hydrogen) atoms. The van der Waals surface area contributed by atoms with Gasteiger partial charge in [0.2, 0.25) is 10.0 Å². The maximum Gasteiger partial charge on any atom is 0.218 e. The van der Waals surface area contributed by atoms with Gasteiger partial charge in [-0.3, -0.25) is 0 Å². The van der Waals surface area contributed by atoms with Gasteiger partial charge in [0.05, 0.1) is 15.8 Å². The number of hydrogen-bond donors (Lipinski definition) is 1. The molecule has 0 unspecified atom stereocenters. The average molecular weight is 422 g/mol. The molecule has 136 valence electrons. The molecular formula is C17H19Cl3N2O2S. The summed E-state index contributed by atoms with van der Waals surface area (Å²) < 4.78 is 26.9. The monoisotopic (exact) mass is 420 g/mol. The fourth-order valence-electron chi connectivity index (χ4n) is 3.00. The summed E-state index contributed by atoms with van der Waals surface area (Å²) in [6.07, 6.45) is 0. The molecule has 0 saturated carbocycles. The highest BCUT2D eigenvalue weighted by Crippen LogP contribution is 2.30. The van der Waals surface area contributed by atoms with Crippen molar-refractivity contribution in [3.05, 3.63) is 69.7 Å². The standard InChI is InChI=1S/C17H18Cl2N2O2S.ClH/c18-15-7-6-12(8-16(15)19)11-24(22,23)21-9-14(17(20)10-21)13-4-2-1-3-5-13;/h1-8,14,17H,9-11,20H2;1H/t14-,17+;/m0./s1. The number of benzene rings is 2. The SMILES string of the molecule is Cl.N[C@@H]1CN(S(=O)(=O)Cc2ccc(Cl)c(Cl)c2)C[C@H]1c1ccccc1. The van der Waals surface area contributed by atoms with E-state index in [2.05, 4.69) is 0 Å². The largest absolute Gasteiger partial charge is 0.326 e. The number of nitrogens with two attached hydrogens (primary N) is 1. The lowest BCUT2D eigenvalue weighted by Gasteiger charge is -2.17. The summed E-state index contributed by atoms with van der Waals surface area (Å²) in [7, 11) is -3.46. The number of rotatable bonds is 4. The van der Waals surface area contributed by atoms with Gasteiger partial charge in [-0.2, -0.15) is 4.31 Å². The number of sulfonamides is 1. The number of hydrogen-bond acceptors (Lipinski definition) is 3. The molecule has 1 saturated heterocycles. The minimum absolute atomic E-state index is 0. The van der Waals surface area contributed by atoms with Gasteiger partial charge in [0.1, 0.15) is 0 Å². The topological polar surface area (TPSA) is 63.4 Å². The summed E-state index contributed by atoms with van der Waals surface area (Å²) in [6, 6.07) is 14.4. The fraction of sp³-hybridized carbons (Fsp3) is 0.294. The average Bonchev–Trinajstić information content (AvgIpc) is 2.94. The smallest absolute Gasteiger partial charge is 0.218 e. The summed E-state index contributed by atoms with van der Waals surface area (Å²) in [5.74, 6) is -0.104. The molecule has 3 rings (SSSR count). The molecule has 8 heteroatoms. The van der Waals surface area contributed by atoms with Crippen LogP contribution in [0.3, 0.4) is 0 Å². The molecule has 4 nitrogen and oxygen atoms in total. The van der Waals surface area contributed by atoms with E-state index in [1.165, 1.54) is 4.31 Å². The predicted octanol–water partition coefficient (Wildman–Crippen LogP) is 3.67. The minimum Gasteiger partial charge on any atom is -0.326 e. The van der Waals surface area contributed by atoms with E-state index in [1.54, 1.807) is 18.2 Å².